The number of rotatable bonds is 7. The lowest BCUT2D eigenvalue weighted by Crippen LogP contribution is -2.17. The number of hydrogen-bond acceptors (Lipinski definition) is 5. The number of ether oxygens (including phenoxy) is 2. The minimum Gasteiger partial charge on any atom is -0.462 e. The van der Waals surface area contributed by atoms with E-state index >= 15 is 0 Å². The Morgan fingerprint density at radius 1 is 1.33 bits per heavy atom. The van der Waals surface area contributed by atoms with E-state index in [1.807, 2.05) is 20.8 Å². The van der Waals surface area contributed by atoms with Crippen LogP contribution in [0.15, 0.2) is 6.20 Å². The van der Waals surface area contributed by atoms with Gasteiger partial charge in [0.25, 0.3) is 0 Å². The van der Waals surface area contributed by atoms with Crippen molar-refractivity contribution >= 4 is 5.97 Å². The summed E-state index contributed by atoms with van der Waals surface area (Å²) in [6.45, 7) is 8.79. The number of carbonyl (C=O) groups excluding carboxylic acids is 1. The highest BCUT2D eigenvalue weighted by Gasteiger charge is 2.35. The monoisotopic (exact) mass is 292 g/mol. The van der Waals surface area contributed by atoms with Crippen molar-refractivity contribution in [2.75, 3.05) is 13.2 Å². The molecule has 1 atom stereocenters. The lowest BCUT2D eigenvalue weighted by Gasteiger charge is -2.18. The minimum atomic E-state index is -0.355. The van der Waals surface area contributed by atoms with Gasteiger partial charge < -0.3 is 9.47 Å². The van der Waals surface area contributed by atoms with Gasteiger partial charge in [-0.2, -0.15) is 0 Å². The molecule has 0 aliphatic heterocycles. The van der Waals surface area contributed by atoms with E-state index in [9.17, 15) is 4.79 Å². The van der Waals surface area contributed by atoms with Gasteiger partial charge in [-0.25, -0.2) is 14.8 Å². The van der Waals surface area contributed by atoms with E-state index in [0.29, 0.717) is 30.5 Å². The molecule has 0 saturated heterocycles. The third-order valence-electron chi connectivity index (χ3n) is 3.53. The predicted octanol–water partition coefficient (Wildman–Crippen LogP) is 3.26. The summed E-state index contributed by atoms with van der Waals surface area (Å²) in [6.07, 6.45) is 3.85. The fourth-order valence-electron chi connectivity index (χ4n) is 2.35. The average molecular weight is 292 g/mol. The van der Waals surface area contributed by atoms with E-state index in [0.717, 1.165) is 18.5 Å². The Hall–Kier alpha value is -1.49. The number of nitrogens with zero attached hydrogens (tertiary/aromatic N) is 2. The summed E-state index contributed by atoms with van der Waals surface area (Å²) in [6, 6.07) is 0. The first kappa shape index (κ1) is 15.9. The number of carbonyl (C=O) groups is 1. The Balaban J connectivity index is 2.32. The molecule has 2 rings (SSSR count). The van der Waals surface area contributed by atoms with Crippen LogP contribution in [0.5, 0.6) is 0 Å². The highest BCUT2D eigenvalue weighted by molar-refractivity contribution is 5.90. The van der Waals surface area contributed by atoms with Crippen LogP contribution < -0.4 is 0 Å². The minimum absolute atomic E-state index is 0.0521. The molecule has 0 spiro atoms. The molecular weight excluding hydrogens is 268 g/mol. The van der Waals surface area contributed by atoms with Gasteiger partial charge in [0.05, 0.1) is 17.9 Å². The van der Waals surface area contributed by atoms with Gasteiger partial charge in [0.1, 0.15) is 6.10 Å². The van der Waals surface area contributed by atoms with Gasteiger partial charge in [0, 0.05) is 12.8 Å². The van der Waals surface area contributed by atoms with Crippen LogP contribution in [0.25, 0.3) is 0 Å². The van der Waals surface area contributed by atoms with Crippen molar-refractivity contribution in [1.82, 2.24) is 9.97 Å². The van der Waals surface area contributed by atoms with E-state index in [-0.39, 0.29) is 18.0 Å². The van der Waals surface area contributed by atoms with E-state index < -0.39 is 0 Å². The van der Waals surface area contributed by atoms with Crippen LogP contribution in [0, 0.1) is 5.92 Å². The average Bonchev–Trinajstić information content (AvgIpc) is 3.29. The van der Waals surface area contributed by atoms with Gasteiger partial charge in [0.2, 0.25) is 0 Å². The Kier molecular flexibility index (Phi) is 5.28. The Morgan fingerprint density at radius 3 is 2.57 bits per heavy atom. The Labute approximate surface area is 126 Å². The Morgan fingerprint density at radius 2 is 2.05 bits per heavy atom. The summed E-state index contributed by atoms with van der Waals surface area (Å²) in [5.74, 6) is 0.981. The lowest BCUT2D eigenvalue weighted by molar-refractivity contribution is 0.0394. The highest BCUT2D eigenvalue weighted by atomic mass is 16.5. The van der Waals surface area contributed by atoms with Crippen LogP contribution in [-0.4, -0.2) is 29.2 Å². The summed E-state index contributed by atoms with van der Waals surface area (Å²) >= 11 is 0. The SMILES string of the molecule is CCOC(=O)c1cnc(C(OCC)C2CC2)nc1C(C)C. The maximum absolute atomic E-state index is 12.0. The second-order valence-corrected chi connectivity index (χ2v) is 5.62. The maximum Gasteiger partial charge on any atom is 0.341 e. The summed E-state index contributed by atoms with van der Waals surface area (Å²) in [5.41, 5.74) is 1.20. The van der Waals surface area contributed by atoms with Gasteiger partial charge >= 0.3 is 5.97 Å². The normalized spacial score (nSPS) is 16.0. The van der Waals surface area contributed by atoms with Crippen molar-refractivity contribution in [2.45, 2.75) is 52.6 Å². The van der Waals surface area contributed by atoms with Gasteiger partial charge in [-0.3, -0.25) is 0 Å². The molecule has 0 N–H and O–H groups in total. The molecule has 1 saturated carbocycles. The second-order valence-electron chi connectivity index (χ2n) is 5.62. The van der Waals surface area contributed by atoms with Crippen LogP contribution in [0.4, 0.5) is 0 Å². The molecule has 0 radical (unpaired) electrons. The maximum atomic E-state index is 12.0. The first-order chi connectivity index (χ1) is 10.1. The number of esters is 1. The third kappa shape index (κ3) is 3.79. The summed E-state index contributed by atoms with van der Waals surface area (Å²) in [5, 5.41) is 0. The molecule has 0 bridgehead atoms. The molecule has 1 heterocycles. The molecule has 5 heteroatoms. The standard InChI is InChI=1S/C16H24N2O3/c1-5-20-14(11-7-8-11)15-17-9-12(16(19)21-6-2)13(18-15)10(3)4/h9-11,14H,5-8H2,1-4H3. The molecule has 0 aromatic carbocycles. The van der Waals surface area contributed by atoms with Crippen LogP contribution >= 0.6 is 0 Å². The summed E-state index contributed by atoms with van der Waals surface area (Å²) in [4.78, 5) is 21.0. The first-order valence-electron chi connectivity index (χ1n) is 7.74. The summed E-state index contributed by atoms with van der Waals surface area (Å²) < 4.78 is 10.9. The van der Waals surface area contributed by atoms with Crippen molar-refractivity contribution in [2.24, 2.45) is 5.92 Å². The predicted molar refractivity (Wildman–Crippen MR) is 79.2 cm³/mol. The quantitative estimate of drug-likeness (QED) is 0.722. The van der Waals surface area contributed by atoms with Crippen molar-refractivity contribution in [1.29, 1.82) is 0 Å². The van der Waals surface area contributed by atoms with Crippen molar-refractivity contribution in [3.63, 3.8) is 0 Å². The molecule has 1 aliphatic rings. The van der Waals surface area contributed by atoms with Gasteiger partial charge in [-0.1, -0.05) is 13.8 Å². The molecule has 1 fully saturated rings. The molecule has 1 unspecified atom stereocenters. The van der Waals surface area contributed by atoms with E-state index in [1.54, 1.807) is 13.1 Å². The fourth-order valence-corrected chi connectivity index (χ4v) is 2.35. The topological polar surface area (TPSA) is 61.3 Å². The highest BCUT2D eigenvalue weighted by Crippen LogP contribution is 2.42. The largest absolute Gasteiger partial charge is 0.462 e. The number of aromatic nitrogens is 2. The molecular formula is C16H24N2O3. The first-order valence-corrected chi connectivity index (χ1v) is 7.74. The fraction of sp³-hybridized carbons (Fsp3) is 0.688. The molecule has 1 aliphatic carbocycles. The van der Waals surface area contributed by atoms with Crippen molar-refractivity contribution in [3.05, 3.63) is 23.3 Å². The molecule has 116 valence electrons. The Bertz CT molecular complexity index is 498. The zero-order valence-corrected chi connectivity index (χ0v) is 13.3. The zero-order valence-electron chi connectivity index (χ0n) is 13.3. The molecule has 5 nitrogen and oxygen atoms in total. The van der Waals surface area contributed by atoms with Gasteiger partial charge in [-0.05, 0) is 38.5 Å². The van der Waals surface area contributed by atoms with E-state index in [2.05, 4.69) is 9.97 Å². The summed E-state index contributed by atoms with van der Waals surface area (Å²) in [7, 11) is 0. The van der Waals surface area contributed by atoms with E-state index in [1.165, 1.54) is 0 Å². The van der Waals surface area contributed by atoms with Crippen molar-refractivity contribution < 1.29 is 14.3 Å². The van der Waals surface area contributed by atoms with Crippen LogP contribution in [-0.2, 0) is 9.47 Å². The molecule has 0 amide bonds. The van der Waals surface area contributed by atoms with Crippen LogP contribution in [0.3, 0.4) is 0 Å². The van der Waals surface area contributed by atoms with Gasteiger partial charge in [-0.15, -0.1) is 0 Å². The van der Waals surface area contributed by atoms with Gasteiger partial charge in [0.15, 0.2) is 5.82 Å². The smallest absolute Gasteiger partial charge is 0.341 e. The molecule has 1 aromatic rings. The number of hydrogen-bond donors (Lipinski definition) is 0. The molecule has 21 heavy (non-hydrogen) atoms. The molecule has 1 aromatic heterocycles. The zero-order chi connectivity index (χ0) is 15.4. The lowest BCUT2D eigenvalue weighted by atomic mass is 10.0. The van der Waals surface area contributed by atoms with Crippen molar-refractivity contribution in [3.8, 4) is 0 Å². The van der Waals surface area contributed by atoms with Crippen LogP contribution in [0.2, 0.25) is 0 Å². The van der Waals surface area contributed by atoms with Crippen LogP contribution in [0.1, 0.15) is 74.4 Å². The van der Waals surface area contributed by atoms with E-state index in [4.69, 9.17) is 9.47 Å². The third-order valence-corrected chi connectivity index (χ3v) is 3.53. The second kappa shape index (κ2) is 6.98.